The molecule has 1 amide bonds. The lowest BCUT2D eigenvalue weighted by Gasteiger charge is -2.48. The van der Waals surface area contributed by atoms with Crippen molar-refractivity contribution in [3.8, 4) is 0 Å². The minimum absolute atomic E-state index is 0.0756. The predicted octanol–water partition coefficient (Wildman–Crippen LogP) is 3.21. The van der Waals surface area contributed by atoms with Crippen LogP contribution < -0.4 is 10.6 Å². The van der Waals surface area contributed by atoms with Gasteiger partial charge in [0, 0.05) is 17.1 Å². The minimum atomic E-state index is 0.0756. The van der Waals surface area contributed by atoms with Crippen molar-refractivity contribution in [2.45, 2.75) is 63.5 Å². The molecule has 1 aliphatic heterocycles. The highest BCUT2D eigenvalue weighted by atomic mass is 16.1. The van der Waals surface area contributed by atoms with Crippen LogP contribution >= 0.6 is 0 Å². The highest BCUT2D eigenvalue weighted by Gasteiger charge is 2.41. The molecule has 0 bridgehead atoms. The van der Waals surface area contributed by atoms with Crippen LogP contribution in [0.5, 0.6) is 0 Å². The maximum absolute atomic E-state index is 12.4. The van der Waals surface area contributed by atoms with Crippen LogP contribution in [0.15, 0.2) is 24.3 Å². The summed E-state index contributed by atoms with van der Waals surface area (Å²) in [5.41, 5.74) is 2.39. The highest BCUT2D eigenvalue weighted by Crippen LogP contribution is 2.38. The largest absolute Gasteiger partial charge is 0.349 e. The molecule has 3 rings (SSSR count). The molecule has 3 heteroatoms. The Morgan fingerprint density at radius 2 is 2.00 bits per heavy atom. The zero-order valence-electron chi connectivity index (χ0n) is 13.1. The van der Waals surface area contributed by atoms with Crippen LogP contribution in [0.1, 0.15) is 67.8 Å². The fourth-order valence-corrected chi connectivity index (χ4v) is 3.55. The van der Waals surface area contributed by atoms with Crippen molar-refractivity contribution in [3.05, 3.63) is 35.4 Å². The molecule has 3 nitrogen and oxygen atoms in total. The van der Waals surface area contributed by atoms with Gasteiger partial charge in [-0.25, -0.2) is 0 Å². The second-order valence-corrected chi connectivity index (χ2v) is 7.00. The minimum Gasteiger partial charge on any atom is -0.349 e. The molecule has 1 saturated carbocycles. The van der Waals surface area contributed by atoms with Gasteiger partial charge in [-0.15, -0.1) is 0 Å². The fraction of sp³-hybridized carbons (Fsp3) is 0.611. The quantitative estimate of drug-likeness (QED) is 0.896. The average molecular weight is 286 g/mol. The van der Waals surface area contributed by atoms with Crippen molar-refractivity contribution in [3.63, 3.8) is 0 Å². The number of hydrogen-bond donors (Lipinski definition) is 2. The van der Waals surface area contributed by atoms with Gasteiger partial charge in [-0.05, 0) is 62.3 Å². The monoisotopic (exact) mass is 286 g/mol. The van der Waals surface area contributed by atoms with E-state index in [0.717, 1.165) is 24.9 Å². The third-order valence-corrected chi connectivity index (χ3v) is 5.12. The smallest absolute Gasteiger partial charge is 0.251 e. The van der Waals surface area contributed by atoms with E-state index in [2.05, 4.69) is 36.6 Å². The van der Waals surface area contributed by atoms with Crippen LogP contribution in [0, 0.1) is 0 Å². The Balaban J connectivity index is 1.60. The van der Waals surface area contributed by atoms with Gasteiger partial charge < -0.3 is 10.6 Å². The van der Waals surface area contributed by atoms with E-state index in [4.69, 9.17) is 0 Å². The van der Waals surface area contributed by atoms with Gasteiger partial charge in [0.25, 0.3) is 5.91 Å². The van der Waals surface area contributed by atoms with Crippen LogP contribution in [-0.2, 0) is 0 Å². The molecule has 1 unspecified atom stereocenters. The first-order valence-corrected chi connectivity index (χ1v) is 8.24. The van der Waals surface area contributed by atoms with E-state index in [1.165, 1.54) is 24.8 Å². The number of rotatable bonds is 3. The molecule has 21 heavy (non-hydrogen) atoms. The first-order valence-electron chi connectivity index (χ1n) is 8.24. The summed E-state index contributed by atoms with van der Waals surface area (Å²) in [4.78, 5) is 12.4. The molecular formula is C18H26N2O. The summed E-state index contributed by atoms with van der Waals surface area (Å²) in [6.07, 6.45) is 5.98. The second kappa shape index (κ2) is 5.80. The van der Waals surface area contributed by atoms with Crippen molar-refractivity contribution in [1.29, 1.82) is 0 Å². The van der Waals surface area contributed by atoms with Gasteiger partial charge in [0.1, 0.15) is 0 Å². The molecule has 2 aliphatic rings. The Labute approximate surface area is 127 Å². The van der Waals surface area contributed by atoms with Crippen molar-refractivity contribution in [2.75, 3.05) is 6.54 Å². The number of amides is 1. The van der Waals surface area contributed by atoms with E-state index >= 15 is 0 Å². The van der Waals surface area contributed by atoms with E-state index < -0.39 is 0 Å². The van der Waals surface area contributed by atoms with E-state index in [-0.39, 0.29) is 5.91 Å². The first-order chi connectivity index (χ1) is 10.1. The maximum atomic E-state index is 12.4. The average Bonchev–Trinajstić information content (AvgIpc) is 2.46. The second-order valence-electron chi connectivity index (χ2n) is 7.00. The lowest BCUT2D eigenvalue weighted by atomic mass is 9.70. The van der Waals surface area contributed by atoms with Crippen LogP contribution in [0.25, 0.3) is 0 Å². The molecule has 1 aromatic carbocycles. The first kappa shape index (κ1) is 14.6. The van der Waals surface area contributed by atoms with Gasteiger partial charge in [-0.1, -0.05) is 26.0 Å². The molecule has 2 N–H and O–H groups in total. The lowest BCUT2D eigenvalue weighted by molar-refractivity contribution is 0.0853. The predicted molar refractivity (Wildman–Crippen MR) is 85.6 cm³/mol. The molecule has 0 aromatic heterocycles. The van der Waals surface area contributed by atoms with E-state index in [1.54, 1.807) is 0 Å². The highest BCUT2D eigenvalue weighted by molar-refractivity contribution is 5.94. The van der Waals surface area contributed by atoms with Crippen molar-refractivity contribution in [1.82, 2.24) is 10.6 Å². The molecular weight excluding hydrogens is 260 g/mol. The van der Waals surface area contributed by atoms with Crippen molar-refractivity contribution >= 4 is 5.91 Å². The van der Waals surface area contributed by atoms with Gasteiger partial charge in [-0.2, -0.15) is 0 Å². The van der Waals surface area contributed by atoms with Crippen molar-refractivity contribution < 1.29 is 4.79 Å². The topological polar surface area (TPSA) is 41.1 Å². The fourth-order valence-electron chi connectivity index (χ4n) is 3.55. The summed E-state index contributed by atoms with van der Waals surface area (Å²) in [6.45, 7) is 5.36. The van der Waals surface area contributed by atoms with E-state index in [1.807, 2.05) is 12.1 Å². The Hall–Kier alpha value is -1.35. The Kier molecular flexibility index (Phi) is 4.03. The van der Waals surface area contributed by atoms with Gasteiger partial charge in [0.05, 0.1) is 0 Å². The summed E-state index contributed by atoms with van der Waals surface area (Å²) < 4.78 is 0. The van der Waals surface area contributed by atoms with Crippen LogP contribution in [0.2, 0.25) is 0 Å². The Morgan fingerprint density at radius 3 is 2.57 bits per heavy atom. The zero-order valence-corrected chi connectivity index (χ0v) is 13.1. The standard InChI is InChI=1S/C18H26N2O/c1-13(2)14-4-6-15(7-5-14)17(21)20-16-8-11-19-18(12-16)9-3-10-18/h4-7,13,16,19H,3,8-12H2,1-2H3,(H,20,21). The SMILES string of the molecule is CC(C)c1ccc(C(=O)NC2CCNC3(CCC3)C2)cc1. The molecule has 1 heterocycles. The molecule has 1 spiro atoms. The Morgan fingerprint density at radius 1 is 1.29 bits per heavy atom. The van der Waals surface area contributed by atoms with Gasteiger partial charge in [-0.3, -0.25) is 4.79 Å². The molecule has 1 aromatic rings. The summed E-state index contributed by atoms with van der Waals surface area (Å²) >= 11 is 0. The molecule has 0 radical (unpaired) electrons. The molecule has 1 saturated heterocycles. The molecule has 1 atom stereocenters. The van der Waals surface area contributed by atoms with Crippen molar-refractivity contribution in [2.24, 2.45) is 0 Å². The normalized spacial score (nSPS) is 23.9. The van der Waals surface area contributed by atoms with Gasteiger partial charge in [0.15, 0.2) is 0 Å². The zero-order chi connectivity index (χ0) is 14.9. The van der Waals surface area contributed by atoms with E-state index in [0.29, 0.717) is 17.5 Å². The number of nitrogens with one attached hydrogen (secondary N) is 2. The van der Waals surface area contributed by atoms with Gasteiger partial charge in [0.2, 0.25) is 0 Å². The number of carbonyl (C=O) groups excluding carboxylic acids is 1. The summed E-state index contributed by atoms with van der Waals surface area (Å²) in [5.74, 6) is 0.580. The third-order valence-electron chi connectivity index (χ3n) is 5.12. The summed E-state index contributed by atoms with van der Waals surface area (Å²) in [7, 11) is 0. The summed E-state index contributed by atoms with van der Waals surface area (Å²) in [5, 5.41) is 6.87. The number of piperidine rings is 1. The Bertz CT molecular complexity index is 502. The lowest BCUT2D eigenvalue weighted by Crippen LogP contribution is -2.59. The van der Waals surface area contributed by atoms with Gasteiger partial charge >= 0.3 is 0 Å². The maximum Gasteiger partial charge on any atom is 0.251 e. The van der Waals surface area contributed by atoms with Crippen LogP contribution in [0.4, 0.5) is 0 Å². The van der Waals surface area contributed by atoms with E-state index in [9.17, 15) is 4.79 Å². The molecule has 114 valence electrons. The van der Waals surface area contributed by atoms with Crippen LogP contribution in [0.3, 0.4) is 0 Å². The number of benzene rings is 1. The van der Waals surface area contributed by atoms with Crippen LogP contribution in [-0.4, -0.2) is 24.0 Å². The number of carbonyl (C=O) groups is 1. The summed E-state index contributed by atoms with van der Waals surface area (Å²) in [6, 6.07) is 8.35. The molecule has 2 fully saturated rings. The molecule has 1 aliphatic carbocycles. The number of hydrogen-bond acceptors (Lipinski definition) is 2. The third kappa shape index (κ3) is 3.13.